The summed E-state index contributed by atoms with van der Waals surface area (Å²) in [6.45, 7) is 8.63. The molecule has 2 aliphatic carbocycles. The molecule has 0 aromatic heterocycles. The molecule has 1 heterocycles. The summed E-state index contributed by atoms with van der Waals surface area (Å²) in [5.41, 5.74) is 1.70. The van der Waals surface area contributed by atoms with Crippen molar-refractivity contribution in [2.45, 2.75) is 46.5 Å². The van der Waals surface area contributed by atoms with Crippen LogP contribution in [0, 0.1) is 28.6 Å². The third kappa shape index (κ3) is 2.25. The van der Waals surface area contributed by atoms with E-state index in [9.17, 15) is 4.79 Å². The van der Waals surface area contributed by atoms with Crippen molar-refractivity contribution in [1.82, 2.24) is 0 Å². The Labute approximate surface area is 128 Å². The number of fused-ring (bicyclic) bond motifs is 4. The van der Waals surface area contributed by atoms with Crippen molar-refractivity contribution in [2.75, 3.05) is 20.3 Å². The molecule has 0 N–H and O–H groups in total. The molecule has 0 aromatic rings. The normalized spacial score (nSPS) is 41.0. The quantitative estimate of drug-likeness (QED) is 0.576. The zero-order chi connectivity index (χ0) is 15.3. The minimum Gasteiger partial charge on any atom is -0.469 e. The van der Waals surface area contributed by atoms with Gasteiger partial charge in [-0.3, -0.25) is 4.79 Å². The van der Waals surface area contributed by atoms with Crippen molar-refractivity contribution >= 4 is 5.97 Å². The third-order valence-corrected chi connectivity index (χ3v) is 6.54. The fraction of sp³-hybridized carbons (Fsp3) is 0.833. The van der Waals surface area contributed by atoms with Crippen molar-refractivity contribution in [3.8, 4) is 0 Å². The number of hydrogen-bond donors (Lipinski definition) is 0. The Hall–Kier alpha value is -0.830. The lowest BCUT2D eigenvalue weighted by atomic mass is 9.48. The molecule has 3 nitrogen and oxygen atoms in total. The summed E-state index contributed by atoms with van der Waals surface area (Å²) in [6, 6.07) is 0. The van der Waals surface area contributed by atoms with Gasteiger partial charge in [0.05, 0.1) is 20.1 Å². The molecule has 3 aliphatic rings. The SMILES string of the molecule is COC(=O)CC12COCC(CC3C1=CCCC3(C)C)C2C. The van der Waals surface area contributed by atoms with Crippen LogP contribution in [0.1, 0.15) is 46.5 Å². The monoisotopic (exact) mass is 292 g/mol. The number of esters is 1. The van der Waals surface area contributed by atoms with E-state index in [-0.39, 0.29) is 11.4 Å². The van der Waals surface area contributed by atoms with E-state index in [1.54, 1.807) is 0 Å². The summed E-state index contributed by atoms with van der Waals surface area (Å²) >= 11 is 0. The molecule has 2 fully saturated rings. The van der Waals surface area contributed by atoms with E-state index >= 15 is 0 Å². The summed E-state index contributed by atoms with van der Waals surface area (Å²) < 4.78 is 10.9. The number of hydrogen-bond acceptors (Lipinski definition) is 3. The standard InChI is InChI=1S/C18H28O3/c1-12-13-8-15-14(6-5-7-17(15,2)3)18(12,11-21-10-13)9-16(19)20-4/h6,12-13,15H,5,7-11H2,1-4H3. The molecule has 118 valence electrons. The van der Waals surface area contributed by atoms with Crippen LogP contribution in [0.3, 0.4) is 0 Å². The number of ether oxygens (including phenoxy) is 2. The third-order valence-electron chi connectivity index (χ3n) is 6.54. The van der Waals surface area contributed by atoms with E-state index in [0.29, 0.717) is 36.2 Å². The van der Waals surface area contributed by atoms with Crippen LogP contribution in [0.25, 0.3) is 0 Å². The number of allylic oxidation sites excluding steroid dienone is 1. The zero-order valence-electron chi connectivity index (χ0n) is 13.8. The highest BCUT2D eigenvalue weighted by atomic mass is 16.5. The van der Waals surface area contributed by atoms with Crippen molar-refractivity contribution in [2.24, 2.45) is 28.6 Å². The number of carbonyl (C=O) groups excluding carboxylic acids is 1. The highest BCUT2D eigenvalue weighted by Gasteiger charge is 2.56. The summed E-state index contributed by atoms with van der Waals surface area (Å²) in [5, 5.41) is 0. The van der Waals surface area contributed by atoms with Crippen LogP contribution in [0.15, 0.2) is 11.6 Å². The van der Waals surface area contributed by atoms with Gasteiger partial charge in [-0.2, -0.15) is 0 Å². The molecule has 1 aliphatic heterocycles. The molecule has 3 heteroatoms. The lowest BCUT2D eigenvalue weighted by molar-refractivity contribution is -0.155. The van der Waals surface area contributed by atoms with Gasteiger partial charge in [-0.1, -0.05) is 32.4 Å². The molecule has 4 atom stereocenters. The van der Waals surface area contributed by atoms with Crippen LogP contribution in [0.2, 0.25) is 0 Å². The van der Waals surface area contributed by atoms with E-state index in [2.05, 4.69) is 26.8 Å². The van der Waals surface area contributed by atoms with Gasteiger partial charge in [0.25, 0.3) is 0 Å². The predicted molar refractivity (Wildman–Crippen MR) is 81.7 cm³/mol. The minimum atomic E-state index is -0.128. The lowest BCUT2D eigenvalue weighted by Gasteiger charge is -2.58. The van der Waals surface area contributed by atoms with Gasteiger partial charge < -0.3 is 9.47 Å². The van der Waals surface area contributed by atoms with E-state index in [4.69, 9.17) is 9.47 Å². The van der Waals surface area contributed by atoms with E-state index in [1.807, 2.05) is 0 Å². The average Bonchev–Trinajstić information content (AvgIpc) is 2.42. The maximum Gasteiger partial charge on any atom is 0.306 e. The molecular weight excluding hydrogens is 264 g/mol. The first-order valence-corrected chi connectivity index (χ1v) is 8.26. The van der Waals surface area contributed by atoms with Crippen molar-refractivity contribution in [1.29, 1.82) is 0 Å². The smallest absolute Gasteiger partial charge is 0.306 e. The van der Waals surface area contributed by atoms with Crippen LogP contribution in [-0.2, 0) is 14.3 Å². The molecule has 1 saturated carbocycles. The Kier molecular flexibility index (Phi) is 3.67. The van der Waals surface area contributed by atoms with Gasteiger partial charge in [-0.15, -0.1) is 0 Å². The van der Waals surface area contributed by atoms with Crippen LogP contribution in [0.4, 0.5) is 0 Å². The van der Waals surface area contributed by atoms with Gasteiger partial charge in [0.15, 0.2) is 0 Å². The first-order chi connectivity index (χ1) is 9.90. The Morgan fingerprint density at radius 2 is 2.24 bits per heavy atom. The maximum absolute atomic E-state index is 12.1. The summed E-state index contributed by atoms with van der Waals surface area (Å²) in [4.78, 5) is 12.1. The van der Waals surface area contributed by atoms with E-state index < -0.39 is 0 Å². The second kappa shape index (κ2) is 5.12. The van der Waals surface area contributed by atoms with Gasteiger partial charge >= 0.3 is 5.97 Å². The molecule has 4 unspecified atom stereocenters. The average molecular weight is 292 g/mol. The zero-order valence-corrected chi connectivity index (χ0v) is 13.8. The summed E-state index contributed by atoms with van der Waals surface area (Å²) in [5.74, 6) is 1.57. The first-order valence-electron chi connectivity index (χ1n) is 8.26. The maximum atomic E-state index is 12.1. The van der Waals surface area contributed by atoms with Crippen LogP contribution >= 0.6 is 0 Å². The van der Waals surface area contributed by atoms with E-state index in [0.717, 1.165) is 13.0 Å². The molecular formula is C18H28O3. The molecule has 3 rings (SSSR count). The van der Waals surface area contributed by atoms with Crippen molar-refractivity contribution in [3.05, 3.63) is 11.6 Å². The van der Waals surface area contributed by atoms with Gasteiger partial charge in [0, 0.05) is 12.0 Å². The molecule has 1 saturated heterocycles. The van der Waals surface area contributed by atoms with Gasteiger partial charge in [-0.05, 0) is 42.4 Å². The fourth-order valence-electron chi connectivity index (χ4n) is 5.02. The predicted octanol–water partition coefficient (Wildman–Crippen LogP) is 3.58. The van der Waals surface area contributed by atoms with E-state index in [1.165, 1.54) is 25.5 Å². The largest absolute Gasteiger partial charge is 0.469 e. The molecule has 0 spiro atoms. The molecule has 0 radical (unpaired) electrons. The first kappa shape index (κ1) is 15.1. The summed E-state index contributed by atoms with van der Waals surface area (Å²) in [7, 11) is 1.49. The minimum absolute atomic E-state index is 0.101. The molecule has 0 amide bonds. The van der Waals surface area contributed by atoms with Crippen LogP contribution in [-0.4, -0.2) is 26.3 Å². The van der Waals surface area contributed by atoms with Crippen molar-refractivity contribution in [3.63, 3.8) is 0 Å². The van der Waals surface area contributed by atoms with Gasteiger partial charge in [0.2, 0.25) is 0 Å². The number of methoxy groups -OCH3 is 1. The van der Waals surface area contributed by atoms with Crippen molar-refractivity contribution < 1.29 is 14.3 Å². The second-order valence-electron chi connectivity index (χ2n) is 7.95. The fourth-order valence-corrected chi connectivity index (χ4v) is 5.02. The Balaban J connectivity index is 2.04. The Morgan fingerprint density at radius 3 is 2.95 bits per heavy atom. The van der Waals surface area contributed by atoms with Crippen LogP contribution in [0.5, 0.6) is 0 Å². The molecule has 0 aromatic carbocycles. The highest BCUT2D eigenvalue weighted by molar-refractivity contribution is 5.71. The summed E-state index contributed by atoms with van der Waals surface area (Å²) in [6.07, 6.45) is 6.47. The second-order valence-corrected chi connectivity index (χ2v) is 7.95. The number of carbonyl (C=O) groups is 1. The Bertz CT molecular complexity index is 465. The topological polar surface area (TPSA) is 35.5 Å². The highest BCUT2D eigenvalue weighted by Crippen LogP contribution is 2.61. The van der Waals surface area contributed by atoms with Gasteiger partial charge in [-0.25, -0.2) is 0 Å². The van der Waals surface area contributed by atoms with Crippen LogP contribution < -0.4 is 0 Å². The molecule has 2 bridgehead atoms. The molecule has 21 heavy (non-hydrogen) atoms. The number of rotatable bonds is 2. The lowest BCUT2D eigenvalue weighted by Crippen LogP contribution is -2.55. The Morgan fingerprint density at radius 1 is 1.48 bits per heavy atom. The van der Waals surface area contributed by atoms with Gasteiger partial charge in [0.1, 0.15) is 0 Å².